The predicted octanol–water partition coefficient (Wildman–Crippen LogP) is 3.58. The molecule has 1 fully saturated rings. The van der Waals surface area contributed by atoms with Crippen LogP contribution in [0.5, 0.6) is 5.75 Å². The van der Waals surface area contributed by atoms with Gasteiger partial charge >= 0.3 is 0 Å². The van der Waals surface area contributed by atoms with Crippen molar-refractivity contribution in [2.45, 2.75) is 25.7 Å². The highest BCUT2D eigenvalue weighted by molar-refractivity contribution is 5.59. The van der Waals surface area contributed by atoms with Crippen molar-refractivity contribution in [2.75, 3.05) is 25.1 Å². The van der Waals surface area contributed by atoms with Crippen LogP contribution < -0.4 is 9.64 Å². The van der Waals surface area contributed by atoms with Gasteiger partial charge in [-0.2, -0.15) is 4.98 Å². The van der Waals surface area contributed by atoms with E-state index in [4.69, 9.17) is 9.26 Å². The van der Waals surface area contributed by atoms with Crippen LogP contribution in [0.3, 0.4) is 0 Å². The summed E-state index contributed by atoms with van der Waals surface area (Å²) in [5.74, 6) is 2.57. The SMILES string of the molecule is COc1ccc(-c2noc(-c3ccc(N4CCCCCC4)nn3)n2)cc1. The van der Waals surface area contributed by atoms with E-state index in [1.165, 1.54) is 25.7 Å². The van der Waals surface area contributed by atoms with Gasteiger partial charge in [-0.25, -0.2) is 0 Å². The Bertz CT molecular complexity index is 837. The van der Waals surface area contributed by atoms with Gasteiger partial charge in [-0.05, 0) is 49.2 Å². The lowest BCUT2D eigenvalue weighted by Gasteiger charge is -2.20. The second-order valence-electron chi connectivity index (χ2n) is 6.33. The van der Waals surface area contributed by atoms with Crippen molar-refractivity contribution in [1.29, 1.82) is 0 Å². The number of hydrogen-bond donors (Lipinski definition) is 0. The fourth-order valence-corrected chi connectivity index (χ4v) is 3.09. The van der Waals surface area contributed by atoms with Crippen LogP contribution >= 0.6 is 0 Å². The number of ether oxygens (including phenoxy) is 1. The van der Waals surface area contributed by atoms with E-state index in [0.29, 0.717) is 17.4 Å². The first-order valence-corrected chi connectivity index (χ1v) is 8.91. The Balaban J connectivity index is 1.51. The highest BCUT2D eigenvalue weighted by atomic mass is 16.5. The van der Waals surface area contributed by atoms with E-state index in [9.17, 15) is 0 Å². The summed E-state index contributed by atoms with van der Waals surface area (Å²) in [5, 5.41) is 12.7. The molecule has 0 N–H and O–H groups in total. The molecule has 1 aromatic carbocycles. The van der Waals surface area contributed by atoms with Crippen LogP contribution in [0.15, 0.2) is 40.9 Å². The van der Waals surface area contributed by atoms with E-state index in [0.717, 1.165) is 30.2 Å². The maximum atomic E-state index is 5.36. The number of anilines is 1. The second kappa shape index (κ2) is 7.51. The van der Waals surface area contributed by atoms with Crippen LogP contribution in [0.4, 0.5) is 5.82 Å². The van der Waals surface area contributed by atoms with Gasteiger partial charge < -0.3 is 14.2 Å². The van der Waals surface area contributed by atoms with Crippen molar-refractivity contribution in [2.24, 2.45) is 0 Å². The Kier molecular flexibility index (Phi) is 4.77. The normalized spacial score (nSPS) is 14.9. The monoisotopic (exact) mass is 351 g/mol. The van der Waals surface area contributed by atoms with Crippen LogP contribution in [0, 0.1) is 0 Å². The lowest BCUT2D eigenvalue weighted by atomic mass is 10.2. The molecule has 0 spiro atoms. The third-order valence-electron chi connectivity index (χ3n) is 4.57. The molecule has 0 saturated carbocycles. The molecule has 7 nitrogen and oxygen atoms in total. The van der Waals surface area contributed by atoms with Gasteiger partial charge in [0.1, 0.15) is 5.75 Å². The Morgan fingerprint density at radius 3 is 2.35 bits per heavy atom. The topological polar surface area (TPSA) is 77.2 Å². The number of aromatic nitrogens is 4. The van der Waals surface area contributed by atoms with Gasteiger partial charge in [-0.15, -0.1) is 10.2 Å². The van der Waals surface area contributed by atoms with Crippen molar-refractivity contribution >= 4 is 5.82 Å². The van der Waals surface area contributed by atoms with Gasteiger partial charge in [0.15, 0.2) is 11.5 Å². The highest BCUT2D eigenvalue weighted by Gasteiger charge is 2.15. The molecule has 3 heterocycles. The van der Waals surface area contributed by atoms with Crippen molar-refractivity contribution in [3.8, 4) is 28.7 Å². The number of hydrogen-bond acceptors (Lipinski definition) is 7. The lowest BCUT2D eigenvalue weighted by molar-refractivity contribution is 0.414. The third kappa shape index (κ3) is 3.51. The summed E-state index contributed by atoms with van der Waals surface area (Å²) >= 11 is 0. The maximum absolute atomic E-state index is 5.36. The zero-order valence-corrected chi connectivity index (χ0v) is 14.8. The molecule has 1 aliphatic heterocycles. The molecule has 0 amide bonds. The Morgan fingerprint density at radius 1 is 0.923 bits per heavy atom. The molecular formula is C19H21N5O2. The fraction of sp³-hybridized carbons (Fsp3) is 0.368. The number of benzene rings is 1. The first kappa shape index (κ1) is 16.5. The summed E-state index contributed by atoms with van der Waals surface area (Å²) in [6, 6.07) is 11.4. The minimum Gasteiger partial charge on any atom is -0.497 e. The molecule has 0 radical (unpaired) electrons. The first-order chi connectivity index (χ1) is 12.8. The molecule has 134 valence electrons. The lowest BCUT2D eigenvalue weighted by Crippen LogP contribution is -2.25. The Morgan fingerprint density at radius 2 is 1.69 bits per heavy atom. The maximum Gasteiger partial charge on any atom is 0.278 e. The van der Waals surface area contributed by atoms with E-state index < -0.39 is 0 Å². The van der Waals surface area contributed by atoms with Crippen LogP contribution in [0.2, 0.25) is 0 Å². The van der Waals surface area contributed by atoms with Crippen LogP contribution in [0.1, 0.15) is 25.7 Å². The standard InChI is InChI=1S/C19H21N5O2/c1-25-15-8-6-14(7-9-15)18-20-19(26-23-18)16-10-11-17(22-21-16)24-12-4-2-3-5-13-24/h6-11H,2-5,12-13H2,1H3. The van der Waals surface area contributed by atoms with Crippen molar-refractivity contribution < 1.29 is 9.26 Å². The molecule has 0 bridgehead atoms. The smallest absolute Gasteiger partial charge is 0.278 e. The zero-order valence-electron chi connectivity index (χ0n) is 14.8. The summed E-state index contributed by atoms with van der Waals surface area (Å²) in [6.45, 7) is 2.08. The van der Waals surface area contributed by atoms with E-state index in [-0.39, 0.29) is 0 Å². The van der Waals surface area contributed by atoms with Gasteiger partial charge in [0.05, 0.1) is 7.11 Å². The molecule has 4 rings (SSSR count). The molecule has 0 atom stereocenters. The van der Waals surface area contributed by atoms with Gasteiger partial charge in [-0.3, -0.25) is 0 Å². The Hall–Kier alpha value is -2.96. The fourth-order valence-electron chi connectivity index (χ4n) is 3.09. The average molecular weight is 351 g/mol. The van der Waals surface area contributed by atoms with Crippen molar-refractivity contribution in [3.05, 3.63) is 36.4 Å². The summed E-state index contributed by atoms with van der Waals surface area (Å²) in [6.07, 6.45) is 4.99. The molecule has 0 aliphatic carbocycles. The predicted molar refractivity (Wildman–Crippen MR) is 98.0 cm³/mol. The average Bonchev–Trinajstić information content (AvgIpc) is 3.04. The van der Waals surface area contributed by atoms with Crippen LogP contribution in [-0.2, 0) is 0 Å². The molecule has 26 heavy (non-hydrogen) atoms. The summed E-state index contributed by atoms with van der Waals surface area (Å²) in [5.41, 5.74) is 1.44. The van der Waals surface area contributed by atoms with Gasteiger partial charge in [0, 0.05) is 18.7 Å². The zero-order chi connectivity index (χ0) is 17.8. The summed E-state index contributed by atoms with van der Waals surface area (Å²) in [7, 11) is 1.63. The summed E-state index contributed by atoms with van der Waals surface area (Å²) < 4.78 is 10.5. The molecule has 0 unspecified atom stereocenters. The Labute approximate surface area is 152 Å². The minimum atomic E-state index is 0.366. The molecular weight excluding hydrogens is 330 g/mol. The molecule has 7 heteroatoms. The summed E-state index contributed by atoms with van der Waals surface area (Å²) in [4.78, 5) is 6.72. The van der Waals surface area contributed by atoms with E-state index in [1.807, 2.05) is 36.4 Å². The van der Waals surface area contributed by atoms with E-state index in [2.05, 4.69) is 25.2 Å². The highest BCUT2D eigenvalue weighted by Crippen LogP contribution is 2.24. The molecule has 2 aromatic heterocycles. The van der Waals surface area contributed by atoms with Gasteiger partial charge in [0.2, 0.25) is 5.82 Å². The number of methoxy groups -OCH3 is 1. The van der Waals surface area contributed by atoms with Crippen LogP contribution in [-0.4, -0.2) is 40.5 Å². The quantitative estimate of drug-likeness (QED) is 0.711. The minimum absolute atomic E-state index is 0.366. The van der Waals surface area contributed by atoms with E-state index >= 15 is 0 Å². The van der Waals surface area contributed by atoms with Gasteiger partial charge in [0.25, 0.3) is 5.89 Å². The number of rotatable bonds is 4. The first-order valence-electron chi connectivity index (χ1n) is 8.91. The third-order valence-corrected chi connectivity index (χ3v) is 4.57. The second-order valence-corrected chi connectivity index (χ2v) is 6.33. The van der Waals surface area contributed by atoms with E-state index in [1.54, 1.807) is 7.11 Å². The molecule has 3 aromatic rings. The van der Waals surface area contributed by atoms with Crippen molar-refractivity contribution in [1.82, 2.24) is 20.3 Å². The van der Waals surface area contributed by atoms with Gasteiger partial charge in [-0.1, -0.05) is 18.0 Å². The number of nitrogens with zero attached hydrogens (tertiary/aromatic N) is 5. The van der Waals surface area contributed by atoms with Crippen LogP contribution in [0.25, 0.3) is 23.0 Å². The van der Waals surface area contributed by atoms with Crippen molar-refractivity contribution in [3.63, 3.8) is 0 Å². The molecule has 1 aliphatic rings. The molecule has 1 saturated heterocycles. The largest absolute Gasteiger partial charge is 0.497 e.